The molecule has 7 heteroatoms. The molecule has 0 saturated carbocycles. The van der Waals surface area contributed by atoms with E-state index in [4.69, 9.17) is 4.74 Å². The number of fused-ring (bicyclic) bond motifs is 1. The fourth-order valence-corrected chi connectivity index (χ4v) is 5.21. The lowest BCUT2D eigenvalue weighted by Gasteiger charge is -2.07. The Hall–Kier alpha value is -3.68. The smallest absolute Gasteiger partial charge is 0.268 e. The van der Waals surface area contributed by atoms with Gasteiger partial charge in [-0.3, -0.25) is 4.79 Å². The predicted molar refractivity (Wildman–Crippen MR) is 127 cm³/mol. The molecule has 0 unspecified atom stereocenters. The molecule has 4 aromatic rings. The molecular weight excluding hydrogens is 436 g/mol. The zero-order valence-electron chi connectivity index (χ0n) is 17.9. The Labute approximate surface area is 192 Å². The first-order valence-electron chi connectivity index (χ1n) is 10.5. The molecule has 2 heterocycles. The monoisotopic (exact) mass is 458 g/mol. The summed E-state index contributed by atoms with van der Waals surface area (Å²) in [4.78, 5) is 12.6. The van der Waals surface area contributed by atoms with Crippen LogP contribution in [0.2, 0.25) is 0 Å². The number of ether oxygens (including phenoxy) is 1. The maximum absolute atomic E-state index is 13.3. The number of carbonyl (C=O) groups excluding carboxylic acids is 1. The molecule has 1 N–H and O–H groups in total. The lowest BCUT2D eigenvalue weighted by molar-refractivity contribution is -0.121. The summed E-state index contributed by atoms with van der Waals surface area (Å²) in [7, 11) is -3.77. The highest BCUT2D eigenvalue weighted by Crippen LogP contribution is 2.38. The van der Waals surface area contributed by atoms with Gasteiger partial charge in [-0.05, 0) is 36.8 Å². The highest BCUT2D eigenvalue weighted by molar-refractivity contribution is 7.90. The molecule has 1 amide bonds. The Morgan fingerprint density at radius 2 is 1.67 bits per heavy atom. The van der Waals surface area contributed by atoms with Gasteiger partial charge in [0.2, 0.25) is 0 Å². The van der Waals surface area contributed by atoms with Gasteiger partial charge < -0.3 is 10.1 Å². The molecule has 166 valence electrons. The van der Waals surface area contributed by atoms with Gasteiger partial charge in [0.15, 0.2) is 6.10 Å². The van der Waals surface area contributed by atoms with Gasteiger partial charge in [0.25, 0.3) is 15.9 Å². The Bertz CT molecular complexity index is 1460. The van der Waals surface area contributed by atoms with Crippen molar-refractivity contribution in [1.29, 1.82) is 0 Å². The number of aromatic nitrogens is 1. The number of carbonyl (C=O) groups is 1. The minimum atomic E-state index is -3.77. The van der Waals surface area contributed by atoms with Gasteiger partial charge in [-0.25, -0.2) is 12.4 Å². The largest absolute Gasteiger partial charge is 0.354 e. The van der Waals surface area contributed by atoms with Crippen LogP contribution in [0.1, 0.15) is 22.8 Å². The number of rotatable bonds is 6. The average Bonchev–Trinajstić information content (AvgIpc) is 3.55. The molecule has 3 aromatic carbocycles. The Morgan fingerprint density at radius 3 is 2.42 bits per heavy atom. The number of aryl methyl sites for hydroxylation is 1. The van der Waals surface area contributed by atoms with E-state index in [1.54, 1.807) is 48.7 Å². The molecule has 0 radical (unpaired) electrons. The Morgan fingerprint density at radius 1 is 0.970 bits per heavy atom. The van der Waals surface area contributed by atoms with E-state index in [9.17, 15) is 13.2 Å². The summed E-state index contributed by atoms with van der Waals surface area (Å²) in [5, 5.41) is 3.51. The molecule has 0 bridgehead atoms. The molecule has 1 saturated heterocycles. The van der Waals surface area contributed by atoms with Crippen LogP contribution in [0.4, 0.5) is 0 Å². The molecule has 0 spiro atoms. The van der Waals surface area contributed by atoms with Crippen molar-refractivity contribution in [3.63, 3.8) is 0 Å². The number of nitrogens with one attached hydrogen (secondary N) is 1. The van der Waals surface area contributed by atoms with Crippen molar-refractivity contribution >= 4 is 32.9 Å². The van der Waals surface area contributed by atoms with Crippen LogP contribution in [0.15, 0.2) is 96.2 Å². The van der Waals surface area contributed by atoms with E-state index in [-0.39, 0.29) is 16.9 Å². The lowest BCUT2D eigenvalue weighted by Crippen LogP contribution is -2.23. The van der Waals surface area contributed by atoms with Crippen LogP contribution in [0.3, 0.4) is 0 Å². The van der Waals surface area contributed by atoms with Crippen LogP contribution in [0, 0.1) is 6.92 Å². The topological polar surface area (TPSA) is 80.7 Å². The summed E-state index contributed by atoms with van der Waals surface area (Å²) in [6, 6.07) is 23.6. The number of epoxide rings is 1. The van der Waals surface area contributed by atoms with Crippen molar-refractivity contribution < 1.29 is 17.9 Å². The average molecular weight is 459 g/mol. The van der Waals surface area contributed by atoms with Gasteiger partial charge in [0.05, 0.1) is 10.4 Å². The second-order valence-corrected chi connectivity index (χ2v) is 9.76. The number of benzene rings is 3. The minimum Gasteiger partial charge on any atom is -0.354 e. The summed E-state index contributed by atoms with van der Waals surface area (Å²) in [5.41, 5.74) is 3.20. The predicted octanol–water partition coefficient (Wildman–Crippen LogP) is 4.41. The van der Waals surface area contributed by atoms with E-state index < -0.39 is 16.1 Å². The summed E-state index contributed by atoms with van der Waals surface area (Å²) in [5.74, 6) is -0.240. The van der Waals surface area contributed by atoms with Gasteiger partial charge >= 0.3 is 0 Å². The number of hydrogen-bond acceptors (Lipinski definition) is 4. The third kappa shape index (κ3) is 4.08. The zero-order valence-corrected chi connectivity index (χ0v) is 18.7. The molecule has 1 aliphatic heterocycles. The minimum absolute atomic E-state index is 0.218. The summed E-state index contributed by atoms with van der Waals surface area (Å²) in [6.07, 6.45) is 4.03. The van der Waals surface area contributed by atoms with Gasteiger partial charge in [-0.2, -0.15) is 0 Å². The van der Waals surface area contributed by atoms with Gasteiger partial charge in [-0.15, -0.1) is 0 Å². The van der Waals surface area contributed by atoms with Crippen LogP contribution in [-0.2, 0) is 19.6 Å². The zero-order chi connectivity index (χ0) is 23.0. The van der Waals surface area contributed by atoms with Gasteiger partial charge in [-0.1, -0.05) is 66.2 Å². The van der Waals surface area contributed by atoms with Gasteiger partial charge in [0, 0.05) is 23.3 Å². The van der Waals surface area contributed by atoms with Crippen molar-refractivity contribution in [2.24, 2.45) is 0 Å². The Kier molecular flexibility index (Phi) is 5.36. The van der Waals surface area contributed by atoms with Crippen molar-refractivity contribution in [1.82, 2.24) is 9.29 Å². The second-order valence-electron chi connectivity index (χ2n) is 7.95. The van der Waals surface area contributed by atoms with Crippen molar-refractivity contribution in [3.8, 4) is 0 Å². The Balaban J connectivity index is 1.38. The van der Waals surface area contributed by atoms with E-state index in [0.717, 1.165) is 16.5 Å². The van der Waals surface area contributed by atoms with E-state index in [1.807, 2.05) is 49.4 Å². The van der Waals surface area contributed by atoms with Crippen molar-refractivity contribution in [3.05, 3.63) is 108 Å². The first kappa shape index (κ1) is 21.2. The second kappa shape index (κ2) is 8.35. The van der Waals surface area contributed by atoms with Crippen LogP contribution in [0.25, 0.3) is 17.0 Å². The van der Waals surface area contributed by atoms with E-state index >= 15 is 0 Å². The first-order valence-corrected chi connectivity index (χ1v) is 12.0. The normalized spacial score (nSPS) is 18.0. The van der Waals surface area contributed by atoms with E-state index in [2.05, 4.69) is 5.32 Å². The van der Waals surface area contributed by atoms with E-state index in [0.29, 0.717) is 11.1 Å². The third-order valence-electron chi connectivity index (χ3n) is 5.65. The molecular formula is C26H22N2O4S. The first-order chi connectivity index (χ1) is 15.9. The molecule has 1 aliphatic rings. The summed E-state index contributed by atoms with van der Waals surface area (Å²) >= 11 is 0. The highest BCUT2D eigenvalue weighted by atomic mass is 32.2. The van der Waals surface area contributed by atoms with E-state index in [1.165, 1.54) is 10.2 Å². The number of para-hydroxylation sites is 1. The summed E-state index contributed by atoms with van der Waals surface area (Å²) < 4.78 is 33.3. The van der Waals surface area contributed by atoms with Crippen LogP contribution in [0.5, 0.6) is 0 Å². The SMILES string of the molecule is Cc1ccc(S(=O)(=O)n2cc(/C=C/NC(=O)[C@@H]3O[C@H]3c3ccccc3)c3ccccc32)cc1. The highest BCUT2D eigenvalue weighted by Gasteiger charge is 2.45. The molecule has 1 fully saturated rings. The van der Waals surface area contributed by atoms with Crippen LogP contribution >= 0.6 is 0 Å². The maximum Gasteiger partial charge on any atom is 0.268 e. The molecule has 0 aliphatic carbocycles. The molecule has 5 rings (SSSR count). The third-order valence-corrected chi connectivity index (χ3v) is 7.34. The van der Waals surface area contributed by atoms with Crippen LogP contribution < -0.4 is 5.32 Å². The van der Waals surface area contributed by atoms with Gasteiger partial charge in [0.1, 0.15) is 6.10 Å². The van der Waals surface area contributed by atoms with Crippen LogP contribution in [-0.4, -0.2) is 24.4 Å². The van der Waals surface area contributed by atoms with Crippen molar-refractivity contribution in [2.45, 2.75) is 24.0 Å². The summed E-state index contributed by atoms with van der Waals surface area (Å²) in [6.45, 7) is 1.91. The molecule has 33 heavy (non-hydrogen) atoms. The fourth-order valence-electron chi connectivity index (χ4n) is 3.83. The molecule has 1 aromatic heterocycles. The number of hydrogen-bond donors (Lipinski definition) is 1. The lowest BCUT2D eigenvalue weighted by atomic mass is 10.1. The standard InChI is InChI=1S/C26H22N2O4S/c1-18-11-13-21(14-12-18)33(30,31)28-17-20(22-9-5-6-10-23(22)28)15-16-27-26(29)25-24(32-25)19-7-3-2-4-8-19/h2-17,24-25H,1H3,(H,27,29)/b16-15+/t24-,25+/m0/s1. The quantitative estimate of drug-likeness (QED) is 0.434. The maximum atomic E-state index is 13.3. The molecule has 2 atom stereocenters. The number of nitrogens with zero attached hydrogens (tertiary/aromatic N) is 1. The molecule has 6 nitrogen and oxygen atoms in total. The number of amides is 1. The fraction of sp³-hybridized carbons (Fsp3) is 0.115. The van der Waals surface area contributed by atoms with Crippen molar-refractivity contribution in [2.75, 3.05) is 0 Å².